The van der Waals surface area contributed by atoms with E-state index in [1.807, 2.05) is 19.9 Å². The summed E-state index contributed by atoms with van der Waals surface area (Å²) in [5.41, 5.74) is 3.15. The fraction of sp³-hybridized carbons (Fsp3) is 0.263. The number of esters is 1. The lowest BCUT2D eigenvalue weighted by atomic mass is 9.93. The molecule has 7 heteroatoms. The van der Waals surface area contributed by atoms with Crippen LogP contribution in [0.4, 0.5) is 4.39 Å². The van der Waals surface area contributed by atoms with Crippen molar-refractivity contribution in [2.45, 2.75) is 26.7 Å². The van der Waals surface area contributed by atoms with Crippen LogP contribution in [0.5, 0.6) is 0 Å². The summed E-state index contributed by atoms with van der Waals surface area (Å²) in [7, 11) is 0. The maximum absolute atomic E-state index is 13.4. The Morgan fingerprint density at radius 1 is 1.27 bits per heavy atom. The molecule has 0 unspecified atom stereocenters. The van der Waals surface area contributed by atoms with E-state index >= 15 is 0 Å². The second-order valence-electron chi connectivity index (χ2n) is 6.09. The Morgan fingerprint density at radius 2 is 1.92 bits per heavy atom. The Bertz CT molecular complexity index is 982. The molecule has 0 aliphatic rings. The largest absolute Gasteiger partial charge is 0.462 e. The highest BCUT2D eigenvalue weighted by Gasteiger charge is 2.27. The van der Waals surface area contributed by atoms with Crippen molar-refractivity contribution in [1.29, 1.82) is 0 Å². The van der Waals surface area contributed by atoms with Crippen molar-refractivity contribution in [3.05, 3.63) is 56.4 Å². The molecule has 26 heavy (non-hydrogen) atoms. The summed E-state index contributed by atoms with van der Waals surface area (Å²) in [6, 6.07) is 7.82. The van der Waals surface area contributed by atoms with E-state index < -0.39 is 5.97 Å². The van der Waals surface area contributed by atoms with Crippen molar-refractivity contribution < 1.29 is 13.9 Å². The van der Waals surface area contributed by atoms with Gasteiger partial charge in [0.25, 0.3) is 0 Å². The summed E-state index contributed by atoms with van der Waals surface area (Å²) in [5.74, 6) is -0.742. The molecule has 2 heterocycles. The van der Waals surface area contributed by atoms with E-state index in [4.69, 9.17) is 4.74 Å². The number of hydrogen-bond donors (Lipinski definition) is 0. The Hall–Kier alpha value is -1.73. The van der Waals surface area contributed by atoms with Gasteiger partial charge >= 0.3 is 5.97 Å². The minimum absolute atomic E-state index is 0.0391. The zero-order valence-electron chi connectivity index (χ0n) is 14.5. The number of halogens is 3. The molecular formula is C19H17Br2FN2O2. The smallest absolute Gasteiger partial charge is 0.340 e. The molecule has 0 fully saturated rings. The second-order valence-corrected chi connectivity index (χ2v) is 7.76. The number of carbonyl (C=O) groups is 1. The fourth-order valence-corrected chi connectivity index (χ4v) is 4.35. The first-order chi connectivity index (χ1) is 12.3. The first-order valence-corrected chi connectivity index (χ1v) is 9.77. The van der Waals surface area contributed by atoms with Crippen molar-refractivity contribution in [2.24, 2.45) is 0 Å². The van der Waals surface area contributed by atoms with E-state index in [9.17, 15) is 9.18 Å². The standard InChI is InChI=1S/C19H17Br2FN2O2/c1-4-26-19(25)16-15(10(2)3)18-13(20)9-14(21)24(18)23-17(16)11-5-7-12(22)8-6-11/h5-10H,4H2,1-3H3. The Balaban J connectivity index is 2.45. The van der Waals surface area contributed by atoms with Crippen molar-refractivity contribution in [3.8, 4) is 11.3 Å². The molecule has 3 rings (SSSR count). The van der Waals surface area contributed by atoms with Gasteiger partial charge in [-0.05, 0) is 80.6 Å². The maximum atomic E-state index is 13.4. The Morgan fingerprint density at radius 3 is 2.50 bits per heavy atom. The molecule has 136 valence electrons. The molecule has 0 aliphatic heterocycles. The molecule has 0 bridgehead atoms. The topological polar surface area (TPSA) is 43.6 Å². The van der Waals surface area contributed by atoms with Gasteiger partial charge < -0.3 is 4.74 Å². The summed E-state index contributed by atoms with van der Waals surface area (Å²) in [6.07, 6.45) is 0. The highest BCUT2D eigenvalue weighted by atomic mass is 79.9. The third kappa shape index (κ3) is 3.30. The van der Waals surface area contributed by atoms with E-state index in [2.05, 4.69) is 37.0 Å². The summed E-state index contributed by atoms with van der Waals surface area (Å²) in [5, 5.41) is 4.66. The second kappa shape index (κ2) is 7.48. The molecule has 0 amide bonds. The number of fused-ring (bicyclic) bond motifs is 1. The number of carbonyl (C=O) groups excluding carboxylic acids is 1. The van der Waals surface area contributed by atoms with Gasteiger partial charge in [-0.1, -0.05) is 13.8 Å². The molecule has 1 aromatic carbocycles. The Kier molecular flexibility index (Phi) is 5.48. The quantitative estimate of drug-likeness (QED) is 0.429. The van der Waals surface area contributed by atoms with E-state index in [0.717, 1.165) is 20.2 Å². The molecule has 0 aliphatic carbocycles. The predicted molar refractivity (Wildman–Crippen MR) is 106 cm³/mol. The normalized spacial score (nSPS) is 11.3. The first kappa shape index (κ1) is 19.0. The molecule has 0 radical (unpaired) electrons. The fourth-order valence-electron chi connectivity index (χ4n) is 2.96. The SMILES string of the molecule is CCOC(=O)c1c(-c2ccc(F)cc2)nn2c(Br)cc(Br)c2c1C(C)C. The highest BCUT2D eigenvalue weighted by molar-refractivity contribution is 9.11. The van der Waals surface area contributed by atoms with Crippen molar-refractivity contribution in [1.82, 2.24) is 9.61 Å². The number of hydrogen-bond acceptors (Lipinski definition) is 3. The Labute approximate surface area is 167 Å². The summed E-state index contributed by atoms with van der Waals surface area (Å²) < 4.78 is 22.0. The summed E-state index contributed by atoms with van der Waals surface area (Å²) >= 11 is 7.06. The lowest BCUT2D eigenvalue weighted by Gasteiger charge is -2.18. The van der Waals surface area contributed by atoms with E-state index in [0.29, 0.717) is 16.8 Å². The van der Waals surface area contributed by atoms with Gasteiger partial charge in [-0.15, -0.1) is 0 Å². The molecule has 0 N–H and O–H groups in total. The number of aromatic nitrogens is 2. The van der Waals surface area contributed by atoms with Crippen LogP contribution in [0.3, 0.4) is 0 Å². The van der Waals surface area contributed by atoms with Crippen LogP contribution in [0.15, 0.2) is 39.4 Å². The minimum Gasteiger partial charge on any atom is -0.462 e. The van der Waals surface area contributed by atoms with E-state index in [1.54, 1.807) is 23.6 Å². The third-order valence-corrected chi connectivity index (χ3v) is 5.19. The van der Waals surface area contributed by atoms with Crippen molar-refractivity contribution in [3.63, 3.8) is 0 Å². The van der Waals surface area contributed by atoms with Crippen LogP contribution in [0.1, 0.15) is 42.6 Å². The monoisotopic (exact) mass is 482 g/mol. The van der Waals surface area contributed by atoms with Crippen LogP contribution in [0, 0.1) is 5.82 Å². The van der Waals surface area contributed by atoms with Crippen LogP contribution < -0.4 is 0 Å². The number of nitrogens with zero attached hydrogens (tertiary/aromatic N) is 2. The zero-order chi connectivity index (χ0) is 19.0. The average Bonchev–Trinajstić information content (AvgIpc) is 2.88. The van der Waals surface area contributed by atoms with E-state index in [-0.39, 0.29) is 18.3 Å². The third-order valence-electron chi connectivity index (χ3n) is 4.02. The number of rotatable bonds is 4. The van der Waals surface area contributed by atoms with Gasteiger partial charge in [-0.2, -0.15) is 5.10 Å². The van der Waals surface area contributed by atoms with Gasteiger partial charge in [0.15, 0.2) is 0 Å². The van der Waals surface area contributed by atoms with Gasteiger partial charge in [0.2, 0.25) is 0 Å². The van der Waals surface area contributed by atoms with Crippen LogP contribution in [-0.2, 0) is 4.74 Å². The van der Waals surface area contributed by atoms with Gasteiger partial charge in [-0.25, -0.2) is 13.7 Å². The van der Waals surface area contributed by atoms with Gasteiger partial charge in [-0.3, -0.25) is 0 Å². The van der Waals surface area contributed by atoms with Gasteiger partial charge in [0.1, 0.15) is 16.1 Å². The molecule has 0 atom stereocenters. The summed E-state index contributed by atoms with van der Waals surface area (Å²) in [4.78, 5) is 12.8. The van der Waals surface area contributed by atoms with Crippen LogP contribution in [-0.4, -0.2) is 22.2 Å². The average molecular weight is 484 g/mol. The lowest BCUT2D eigenvalue weighted by molar-refractivity contribution is 0.0525. The molecule has 3 aromatic rings. The number of ether oxygens (including phenoxy) is 1. The van der Waals surface area contributed by atoms with Crippen LogP contribution >= 0.6 is 31.9 Å². The zero-order valence-corrected chi connectivity index (χ0v) is 17.7. The lowest BCUT2D eigenvalue weighted by Crippen LogP contribution is -2.15. The molecule has 0 saturated carbocycles. The predicted octanol–water partition coefficient (Wildman–Crippen LogP) is 5.97. The van der Waals surface area contributed by atoms with Gasteiger partial charge in [0, 0.05) is 10.0 Å². The van der Waals surface area contributed by atoms with Gasteiger partial charge in [0.05, 0.1) is 17.7 Å². The highest BCUT2D eigenvalue weighted by Crippen LogP contribution is 2.38. The van der Waals surface area contributed by atoms with Crippen LogP contribution in [0.2, 0.25) is 0 Å². The summed E-state index contributed by atoms with van der Waals surface area (Å²) in [6.45, 7) is 6.05. The van der Waals surface area contributed by atoms with Crippen LogP contribution in [0.25, 0.3) is 16.8 Å². The molecule has 0 saturated heterocycles. The minimum atomic E-state index is -0.435. The van der Waals surface area contributed by atoms with E-state index in [1.165, 1.54) is 12.1 Å². The molecule has 2 aromatic heterocycles. The first-order valence-electron chi connectivity index (χ1n) is 8.18. The van der Waals surface area contributed by atoms with Crippen molar-refractivity contribution >= 4 is 43.3 Å². The van der Waals surface area contributed by atoms with Crippen molar-refractivity contribution in [2.75, 3.05) is 6.61 Å². The molecule has 0 spiro atoms. The molecular weight excluding hydrogens is 467 g/mol. The number of benzene rings is 1. The molecule has 4 nitrogen and oxygen atoms in total. The maximum Gasteiger partial charge on any atom is 0.340 e.